The number of carbonyl (C=O) groups is 1. The summed E-state index contributed by atoms with van der Waals surface area (Å²) in [7, 11) is 0. The summed E-state index contributed by atoms with van der Waals surface area (Å²) < 4.78 is 5.20. The Labute approximate surface area is 113 Å². The van der Waals surface area contributed by atoms with Crippen molar-refractivity contribution in [3.8, 4) is 0 Å². The van der Waals surface area contributed by atoms with Crippen molar-refractivity contribution in [1.82, 2.24) is 5.32 Å². The highest BCUT2D eigenvalue weighted by Crippen LogP contribution is 2.05. The van der Waals surface area contributed by atoms with Crippen LogP contribution in [0.15, 0.2) is 47.1 Å². The van der Waals surface area contributed by atoms with Crippen LogP contribution in [-0.2, 0) is 17.6 Å². The van der Waals surface area contributed by atoms with Crippen molar-refractivity contribution in [2.75, 3.05) is 6.54 Å². The maximum Gasteiger partial charge on any atom is 0.220 e. The minimum absolute atomic E-state index is 0.0899. The lowest BCUT2D eigenvalue weighted by Gasteiger charge is -2.04. The molecule has 100 valence electrons. The molecule has 0 saturated carbocycles. The molecular formula is C16H19NO2. The Morgan fingerprint density at radius 3 is 2.63 bits per heavy atom. The van der Waals surface area contributed by atoms with Gasteiger partial charge in [0.05, 0.1) is 6.26 Å². The summed E-state index contributed by atoms with van der Waals surface area (Å²) in [5, 5.41) is 2.90. The Kier molecular flexibility index (Phi) is 4.78. The van der Waals surface area contributed by atoms with Gasteiger partial charge in [-0.25, -0.2) is 0 Å². The predicted molar refractivity (Wildman–Crippen MR) is 74.9 cm³/mol. The number of hydrogen-bond acceptors (Lipinski definition) is 2. The zero-order valence-electron chi connectivity index (χ0n) is 11.2. The van der Waals surface area contributed by atoms with Gasteiger partial charge in [-0.05, 0) is 31.0 Å². The topological polar surface area (TPSA) is 42.2 Å². The van der Waals surface area contributed by atoms with Crippen molar-refractivity contribution in [2.24, 2.45) is 0 Å². The fraction of sp³-hybridized carbons (Fsp3) is 0.312. The van der Waals surface area contributed by atoms with Crippen LogP contribution in [0.3, 0.4) is 0 Å². The van der Waals surface area contributed by atoms with E-state index in [0.29, 0.717) is 13.0 Å². The van der Waals surface area contributed by atoms with Crippen LogP contribution in [-0.4, -0.2) is 12.5 Å². The van der Waals surface area contributed by atoms with E-state index >= 15 is 0 Å². The van der Waals surface area contributed by atoms with Crippen LogP contribution in [0.4, 0.5) is 0 Å². The summed E-state index contributed by atoms with van der Waals surface area (Å²) in [6.07, 6.45) is 3.70. The zero-order valence-corrected chi connectivity index (χ0v) is 11.2. The molecule has 0 saturated heterocycles. The fourth-order valence-corrected chi connectivity index (χ4v) is 1.88. The van der Waals surface area contributed by atoms with Crippen molar-refractivity contribution in [2.45, 2.75) is 26.2 Å². The quantitative estimate of drug-likeness (QED) is 0.864. The molecule has 3 heteroatoms. The lowest BCUT2D eigenvalue weighted by Crippen LogP contribution is -2.25. The molecule has 0 aliphatic rings. The first-order valence-electron chi connectivity index (χ1n) is 6.58. The summed E-state index contributed by atoms with van der Waals surface area (Å²) in [5.74, 6) is 0.992. The largest absolute Gasteiger partial charge is 0.469 e. The first-order valence-corrected chi connectivity index (χ1v) is 6.58. The molecule has 0 aliphatic carbocycles. The smallest absolute Gasteiger partial charge is 0.220 e. The molecule has 1 N–H and O–H groups in total. The Balaban J connectivity index is 1.65. The number of nitrogens with one attached hydrogen (secondary N) is 1. The second kappa shape index (κ2) is 6.78. The van der Waals surface area contributed by atoms with Crippen molar-refractivity contribution >= 4 is 5.91 Å². The summed E-state index contributed by atoms with van der Waals surface area (Å²) in [4.78, 5) is 11.7. The molecule has 3 nitrogen and oxygen atoms in total. The van der Waals surface area contributed by atoms with Gasteiger partial charge in [-0.1, -0.05) is 29.8 Å². The lowest BCUT2D eigenvalue weighted by atomic mass is 10.1. The Hall–Kier alpha value is -2.03. The van der Waals surface area contributed by atoms with Crippen molar-refractivity contribution in [1.29, 1.82) is 0 Å². The number of aryl methyl sites for hydroxylation is 2. The zero-order chi connectivity index (χ0) is 13.5. The lowest BCUT2D eigenvalue weighted by molar-refractivity contribution is -0.121. The van der Waals surface area contributed by atoms with E-state index < -0.39 is 0 Å². The van der Waals surface area contributed by atoms with Crippen LogP contribution < -0.4 is 5.32 Å². The highest BCUT2D eigenvalue weighted by atomic mass is 16.3. The molecule has 1 heterocycles. The third kappa shape index (κ3) is 4.62. The van der Waals surface area contributed by atoms with E-state index in [4.69, 9.17) is 4.42 Å². The second-order valence-electron chi connectivity index (χ2n) is 4.66. The van der Waals surface area contributed by atoms with E-state index in [2.05, 4.69) is 36.5 Å². The molecule has 0 spiro atoms. The van der Waals surface area contributed by atoms with Gasteiger partial charge in [-0.2, -0.15) is 0 Å². The molecule has 2 rings (SSSR count). The van der Waals surface area contributed by atoms with E-state index in [-0.39, 0.29) is 5.91 Å². The number of carbonyl (C=O) groups excluding carboxylic acids is 1. The van der Waals surface area contributed by atoms with E-state index in [1.165, 1.54) is 11.1 Å². The molecule has 0 bridgehead atoms. The Morgan fingerprint density at radius 2 is 1.95 bits per heavy atom. The van der Waals surface area contributed by atoms with E-state index in [0.717, 1.165) is 18.6 Å². The van der Waals surface area contributed by atoms with Gasteiger partial charge in [0.15, 0.2) is 0 Å². The maximum absolute atomic E-state index is 11.7. The average Bonchev–Trinajstić information content (AvgIpc) is 2.91. The molecule has 1 aromatic heterocycles. The summed E-state index contributed by atoms with van der Waals surface area (Å²) >= 11 is 0. The first-order chi connectivity index (χ1) is 9.24. The highest BCUT2D eigenvalue weighted by molar-refractivity contribution is 5.76. The van der Waals surface area contributed by atoms with Gasteiger partial charge in [0.1, 0.15) is 5.76 Å². The van der Waals surface area contributed by atoms with Crippen LogP contribution in [0.1, 0.15) is 23.3 Å². The normalized spacial score (nSPS) is 10.4. The Morgan fingerprint density at radius 1 is 1.16 bits per heavy atom. The minimum atomic E-state index is 0.0899. The van der Waals surface area contributed by atoms with Crippen LogP contribution in [0.2, 0.25) is 0 Å². The van der Waals surface area contributed by atoms with Gasteiger partial charge < -0.3 is 9.73 Å². The third-order valence-corrected chi connectivity index (χ3v) is 3.04. The predicted octanol–water partition coefficient (Wildman–Crippen LogP) is 2.88. The molecule has 0 atom stereocenters. The van der Waals surface area contributed by atoms with E-state index in [1.54, 1.807) is 6.26 Å². The van der Waals surface area contributed by atoms with Crippen LogP contribution in [0, 0.1) is 6.92 Å². The number of furan rings is 1. The molecule has 1 amide bonds. The van der Waals surface area contributed by atoms with Crippen molar-refractivity contribution in [3.05, 3.63) is 59.5 Å². The monoisotopic (exact) mass is 257 g/mol. The van der Waals surface area contributed by atoms with Gasteiger partial charge in [-0.3, -0.25) is 4.79 Å². The van der Waals surface area contributed by atoms with Crippen LogP contribution >= 0.6 is 0 Å². The maximum atomic E-state index is 11.7. The SMILES string of the molecule is Cc1ccc(CCC(=O)NCCc2ccco2)cc1. The molecule has 19 heavy (non-hydrogen) atoms. The number of benzene rings is 1. The number of amides is 1. The number of hydrogen-bond donors (Lipinski definition) is 1. The van der Waals surface area contributed by atoms with Crippen molar-refractivity contribution in [3.63, 3.8) is 0 Å². The molecule has 0 radical (unpaired) electrons. The minimum Gasteiger partial charge on any atom is -0.469 e. The van der Waals surface area contributed by atoms with Gasteiger partial charge in [0.25, 0.3) is 0 Å². The van der Waals surface area contributed by atoms with Crippen LogP contribution in [0.5, 0.6) is 0 Å². The Bertz CT molecular complexity index is 500. The first kappa shape index (κ1) is 13.4. The summed E-state index contributed by atoms with van der Waals surface area (Å²) in [6.45, 7) is 2.69. The second-order valence-corrected chi connectivity index (χ2v) is 4.66. The fourth-order valence-electron chi connectivity index (χ4n) is 1.88. The molecule has 1 aromatic carbocycles. The van der Waals surface area contributed by atoms with Crippen molar-refractivity contribution < 1.29 is 9.21 Å². The van der Waals surface area contributed by atoms with Gasteiger partial charge in [0, 0.05) is 19.4 Å². The van der Waals surface area contributed by atoms with Gasteiger partial charge in [-0.15, -0.1) is 0 Å². The molecular weight excluding hydrogens is 238 g/mol. The molecule has 0 fully saturated rings. The standard InChI is InChI=1S/C16H19NO2/c1-13-4-6-14(7-5-13)8-9-16(18)17-11-10-15-3-2-12-19-15/h2-7,12H,8-11H2,1H3,(H,17,18). The third-order valence-electron chi connectivity index (χ3n) is 3.04. The average molecular weight is 257 g/mol. The summed E-state index contributed by atoms with van der Waals surface area (Å²) in [6, 6.07) is 12.1. The number of rotatable bonds is 6. The molecule has 0 aliphatic heterocycles. The molecule has 2 aromatic rings. The van der Waals surface area contributed by atoms with E-state index in [1.807, 2.05) is 12.1 Å². The van der Waals surface area contributed by atoms with Gasteiger partial charge >= 0.3 is 0 Å². The summed E-state index contributed by atoms with van der Waals surface area (Å²) in [5.41, 5.74) is 2.44. The van der Waals surface area contributed by atoms with E-state index in [9.17, 15) is 4.79 Å². The highest BCUT2D eigenvalue weighted by Gasteiger charge is 2.02. The van der Waals surface area contributed by atoms with Crippen LogP contribution in [0.25, 0.3) is 0 Å². The van der Waals surface area contributed by atoms with Gasteiger partial charge in [0.2, 0.25) is 5.91 Å². The molecule has 0 unspecified atom stereocenters.